The smallest absolute Gasteiger partial charge is 0.387 e. The van der Waals surface area contributed by atoms with Crippen LogP contribution in [0.2, 0.25) is 0 Å². The Balaban J connectivity index is 1.42. The average Bonchev–Trinajstić information content (AvgIpc) is 2.74. The van der Waals surface area contributed by atoms with Crippen molar-refractivity contribution in [2.45, 2.75) is 89.6 Å². The van der Waals surface area contributed by atoms with E-state index in [2.05, 4.69) is 11.3 Å². The van der Waals surface area contributed by atoms with Gasteiger partial charge in [-0.05, 0) is 79.9 Å². The molecule has 0 bridgehead atoms. The molecule has 2 aliphatic carbocycles. The van der Waals surface area contributed by atoms with Gasteiger partial charge in [-0.2, -0.15) is 8.78 Å². The van der Waals surface area contributed by atoms with Crippen molar-refractivity contribution in [1.82, 2.24) is 0 Å². The number of ether oxygens (including phenoxy) is 1. The maximum Gasteiger partial charge on any atom is 0.387 e. The summed E-state index contributed by atoms with van der Waals surface area (Å²) in [5, 5.41) is 0. The second-order valence-corrected chi connectivity index (χ2v) is 9.24. The minimum Gasteiger partial charge on any atom is -0.429 e. The maximum atomic E-state index is 14.0. The third-order valence-corrected chi connectivity index (χ3v) is 7.27. The molecular formula is C25H34F4O. The van der Waals surface area contributed by atoms with Gasteiger partial charge in [-0.25, -0.2) is 8.78 Å². The summed E-state index contributed by atoms with van der Waals surface area (Å²) in [7, 11) is 0. The first kappa shape index (κ1) is 23.1. The first-order chi connectivity index (χ1) is 14.5. The lowest BCUT2D eigenvalue weighted by Gasteiger charge is -2.32. The topological polar surface area (TPSA) is 9.23 Å². The number of hydrogen-bond acceptors (Lipinski definition) is 1. The highest BCUT2D eigenvalue weighted by Gasteiger charge is 2.27. The molecule has 0 radical (unpaired) electrons. The van der Waals surface area contributed by atoms with Crippen molar-refractivity contribution >= 4 is 0 Å². The van der Waals surface area contributed by atoms with Gasteiger partial charge in [0.05, 0.1) is 0 Å². The lowest BCUT2D eigenvalue weighted by Crippen LogP contribution is -2.18. The van der Waals surface area contributed by atoms with E-state index in [0.717, 1.165) is 56.1 Å². The predicted octanol–water partition coefficient (Wildman–Crippen LogP) is 8.39. The Hall–Kier alpha value is -1.52. The Morgan fingerprint density at radius 3 is 1.77 bits per heavy atom. The molecule has 0 N–H and O–H groups in total. The highest BCUT2D eigenvalue weighted by atomic mass is 19.3. The molecule has 0 unspecified atom stereocenters. The largest absolute Gasteiger partial charge is 0.429 e. The number of hydrogen-bond donors (Lipinski definition) is 0. The minimum atomic E-state index is -3.24. The van der Waals surface area contributed by atoms with Crippen LogP contribution in [-0.2, 0) is 0 Å². The Labute approximate surface area is 177 Å². The second kappa shape index (κ2) is 11.2. The maximum absolute atomic E-state index is 14.0. The van der Waals surface area contributed by atoms with Crippen molar-refractivity contribution in [2.75, 3.05) is 0 Å². The van der Waals surface area contributed by atoms with E-state index in [1.54, 1.807) is 0 Å². The van der Waals surface area contributed by atoms with Crippen molar-refractivity contribution < 1.29 is 22.3 Å². The van der Waals surface area contributed by atoms with E-state index < -0.39 is 24.0 Å². The monoisotopic (exact) mass is 426 g/mol. The van der Waals surface area contributed by atoms with Crippen molar-refractivity contribution in [2.24, 2.45) is 17.8 Å². The number of rotatable bonds is 9. The third kappa shape index (κ3) is 6.49. The molecule has 0 heterocycles. The number of alkyl halides is 2. The zero-order valence-corrected chi connectivity index (χ0v) is 17.7. The van der Waals surface area contributed by atoms with Crippen LogP contribution in [0, 0.1) is 29.4 Å². The summed E-state index contributed by atoms with van der Waals surface area (Å²) in [6.45, 7) is 0.580. The van der Waals surface area contributed by atoms with Gasteiger partial charge in [0, 0.05) is 0 Å². The average molecular weight is 427 g/mol. The lowest BCUT2D eigenvalue weighted by molar-refractivity contribution is -0.0546. The zero-order chi connectivity index (χ0) is 21.5. The standard InChI is InChI=1S/C25H34F4O/c1-2-3-4-17-5-7-18(8-6-17)9-10-19-11-13-20(14-12-19)21-15-22(26)24(23(27)16-21)30-25(28)29/h2,15-20,25H,1,3-14H2. The van der Waals surface area contributed by atoms with Crippen LogP contribution in [0.5, 0.6) is 5.75 Å². The molecule has 1 nitrogen and oxygen atoms in total. The van der Waals surface area contributed by atoms with Crippen molar-refractivity contribution in [3.8, 4) is 5.75 Å². The molecule has 3 rings (SSSR count). The van der Waals surface area contributed by atoms with Gasteiger partial charge in [0.1, 0.15) is 0 Å². The number of halogens is 4. The molecule has 0 saturated heterocycles. The molecular weight excluding hydrogens is 392 g/mol. The normalized spacial score (nSPS) is 27.2. The molecule has 0 spiro atoms. The molecule has 2 saturated carbocycles. The first-order valence-corrected chi connectivity index (χ1v) is 11.5. The van der Waals surface area contributed by atoms with Crippen LogP contribution >= 0.6 is 0 Å². The van der Waals surface area contributed by atoms with Gasteiger partial charge in [-0.3, -0.25) is 0 Å². The summed E-state index contributed by atoms with van der Waals surface area (Å²) in [4.78, 5) is 0. The summed E-state index contributed by atoms with van der Waals surface area (Å²) < 4.78 is 56.6. The second-order valence-electron chi connectivity index (χ2n) is 9.24. The predicted molar refractivity (Wildman–Crippen MR) is 112 cm³/mol. The highest BCUT2D eigenvalue weighted by Crippen LogP contribution is 2.41. The summed E-state index contributed by atoms with van der Waals surface area (Å²) in [5.41, 5.74) is 0.558. The van der Waals surface area contributed by atoms with E-state index in [4.69, 9.17) is 0 Å². The lowest BCUT2D eigenvalue weighted by atomic mass is 9.74. The molecule has 2 fully saturated rings. The highest BCUT2D eigenvalue weighted by molar-refractivity contribution is 5.33. The molecule has 30 heavy (non-hydrogen) atoms. The SMILES string of the molecule is C=CCCC1CCC(CCC2CCC(c3cc(F)c(OC(F)F)c(F)c3)CC2)CC1. The molecule has 2 aliphatic rings. The van der Waals surface area contributed by atoms with Crippen LogP contribution in [0.15, 0.2) is 24.8 Å². The number of allylic oxidation sites excluding steroid dienone is 1. The Bertz CT molecular complexity index is 651. The summed E-state index contributed by atoms with van der Waals surface area (Å²) in [6, 6.07) is 2.33. The van der Waals surface area contributed by atoms with E-state index in [9.17, 15) is 17.6 Å². The van der Waals surface area contributed by atoms with Crippen LogP contribution in [0.3, 0.4) is 0 Å². The zero-order valence-electron chi connectivity index (χ0n) is 17.7. The van der Waals surface area contributed by atoms with Crippen LogP contribution in [0.1, 0.15) is 88.5 Å². The van der Waals surface area contributed by atoms with E-state index >= 15 is 0 Å². The van der Waals surface area contributed by atoms with Crippen molar-refractivity contribution in [3.63, 3.8) is 0 Å². The summed E-state index contributed by atoms with van der Waals surface area (Å²) >= 11 is 0. The van der Waals surface area contributed by atoms with E-state index in [-0.39, 0.29) is 5.92 Å². The molecule has 1 aromatic rings. The molecule has 0 atom stereocenters. The Morgan fingerprint density at radius 1 is 0.833 bits per heavy atom. The Kier molecular flexibility index (Phi) is 8.64. The van der Waals surface area contributed by atoms with E-state index in [1.807, 2.05) is 6.08 Å². The summed E-state index contributed by atoms with van der Waals surface area (Å²) in [5.74, 6) is -0.558. The molecule has 0 aliphatic heterocycles. The third-order valence-electron chi connectivity index (χ3n) is 7.27. The van der Waals surface area contributed by atoms with Crippen LogP contribution in [-0.4, -0.2) is 6.61 Å². The van der Waals surface area contributed by atoms with E-state index in [0.29, 0.717) is 11.5 Å². The van der Waals surface area contributed by atoms with Crippen LogP contribution in [0.25, 0.3) is 0 Å². The van der Waals surface area contributed by atoms with Gasteiger partial charge in [-0.1, -0.05) is 44.6 Å². The van der Waals surface area contributed by atoms with Gasteiger partial charge >= 0.3 is 6.61 Å². The van der Waals surface area contributed by atoms with Crippen molar-refractivity contribution in [1.29, 1.82) is 0 Å². The molecule has 5 heteroatoms. The van der Waals surface area contributed by atoms with Crippen LogP contribution < -0.4 is 4.74 Å². The molecule has 0 aromatic heterocycles. The van der Waals surface area contributed by atoms with Gasteiger partial charge < -0.3 is 4.74 Å². The molecule has 1 aromatic carbocycles. The molecule has 168 valence electrons. The Morgan fingerprint density at radius 2 is 1.30 bits per heavy atom. The quantitative estimate of drug-likeness (QED) is 0.284. The van der Waals surface area contributed by atoms with Gasteiger partial charge in [-0.15, -0.1) is 6.58 Å². The fourth-order valence-electron chi connectivity index (χ4n) is 5.44. The van der Waals surface area contributed by atoms with Crippen LogP contribution in [0.4, 0.5) is 17.6 Å². The summed E-state index contributed by atoms with van der Waals surface area (Å²) in [6.07, 6.45) is 16.3. The van der Waals surface area contributed by atoms with Gasteiger partial charge in [0.25, 0.3) is 0 Å². The fraction of sp³-hybridized carbons (Fsp3) is 0.680. The number of benzene rings is 1. The van der Waals surface area contributed by atoms with E-state index in [1.165, 1.54) is 44.9 Å². The fourth-order valence-corrected chi connectivity index (χ4v) is 5.44. The van der Waals surface area contributed by atoms with Gasteiger partial charge in [0.2, 0.25) is 0 Å². The van der Waals surface area contributed by atoms with Gasteiger partial charge in [0.15, 0.2) is 17.4 Å². The molecule has 0 amide bonds. The van der Waals surface area contributed by atoms with Crippen molar-refractivity contribution in [3.05, 3.63) is 42.0 Å². The first-order valence-electron chi connectivity index (χ1n) is 11.5. The minimum absolute atomic E-state index is 0.0890.